The summed E-state index contributed by atoms with van der Waals surface area (Å²) < 4.78 is 52.6. The van der Waals surface area contributed by atoms with E-state index in [4.69, 9.17) is 14.2 Å². The highest BCUT2D eigenvalue weighted by molar-refractivity contribution is 8.00. The summed E-state index contributed by atoms with van der Waals surface area (Å²) in [5.41, 5.74) is -4.93. The average molecular weight is 438 g/mol. The first-order valence-corrected chi connectivity index (χ1v) is 9.56. The van der Waals surface area contributed by atoms with Crippen molar-refractivity contribution in [3.63, 3.8) is 0 Å². The van der Waals surface area contributed by atoms with E-state index in [1.54, 1.807) is 26.8 Å². The summed E-state index contributed by atoms with van der Waals surface area (Å²) in [5.74, 6) is -0.306. The molecular formula is C18H25F3N2O5S. The Morgan fingerprint density at radius 3 is 2.24 bits per heavy atom. The van der Waals surface area contributed by atoms with E-state index in [9.17, 15) is 22.8 Å². The summed E-state index contributed by atoms with van der Waals surface area (Å²) in [4.78, 5) is 24.6. The Kier molecular flexibility index (Phi) is 8.93. The van der Waals surface area contributed by atoms with Crippen LogP contribution in [0, 0.1) is 0 Å². The summed E-state index contributed by atoms with van der Waals surface area (Å²) in [5, 5.41) is 4.87. The molecule has 0 spiro atoms. The highest BCUT2D eigenvalue weighted by atomic mass is 32.2. The number of thioether (sulfide) groups is 1. The van der Waals surface area contributed by atoms with Gasteiger partial charge in [-0.1, -0.05) is 11.8 Å². The van der Waals surface area contributed by atoms with Crippen molar-refractivity contribution < 1.29 is 37.0 Å². The fourth-order valence-electron chi connectivity index (χ4n) is 2.15. The molecule has 0 bridgehead atoms. The van der Waals surface area contributed by atoms with Crippen LogP contribution >= 0.6 is 11.8 Å². The van der Waals surface area contributed by atoms with Crippen molar-refractivity contribution in [2.75, 3.05) is 25.3 Å². The number of carbonyl (C=O) groups is 2. The van der Waals surface area contributed by atoms with Crippen LogP contribution in [0.4, 0.5) is 23.7 Å². The summed E-state index contributed by atoms with van der Waals surface area (Å²) in [6, 6.07) is 3.36. The minimum Gasteiger partial charge on any atom is -0.493 e. The van der Waals surface area contributed by atoms with Gasteiger partial charge in [-0.25, -0.2) is 4.79 Å². The Balaban J connectivity index is 2.89. The first kappa shape index (κ1) is 24.7. The average Bonchev–Trinajstić information content (AvgIpc) is 2.58. The molecule has 1 aromatic carbocycles. The third kappa shape index (κ3) is 9.64. The van der Waals surface area contributed by atoms with E-state index < -0.39 is 34.9 Å². The number of benzene rings is 1. The molecule has 2 amide bonds. The molecule has 0 aliphatic rings. The van der Waals surface area contributed by atoms with Gasteiger partial charge in [0.1, 0.15) is 11.6 Å². The number of hydrogen-bond donors (Lipinski definition) is 2. The van der Waals surface area contributed by atoms with Gasteiger partial charge in [-0.05, 0) is 39.3 Å². The fraction of sp³-hybridized carbons (Fsp3) is 0.556. The van der Waals surface area contributed by atoms with Crippen molar-refractivity contribution in [3.8, 4) is 11.5 Å². The highest BCUT2D eigenvalue weighted by Crippen LogP contribution is 2.31. The van der Waals surface area contributed by atoms with E-state index in [1.807, 2.05) is 0 Å². The largest absolute Gasteiger partial charge is 0.493 e. The molecule has 1 unspecified atom stereocenters. The van der Waals surface area contributed by atoms with Gasteiger partial charge in [-0.3, -0.25) is 4.79 Å². The minimum atomic E-state index is -4.43. The highest BCUT2D eigenvalue weighted by Gasteiger charge is 2.30. The quantitative estimate of drug-likeness (QED) is 0.633. The third-order valence-corrected chi connectivity index (χ3v) is 4.10. The lowest BCUT2D eigenvalue weighted by Gasteiger charge is -2.23. The Labute approximate surface area is 171 Å². The van der Waals surface area contributed by atoms with Gasteiger partial charge < -0.3 is 24.8 Å². The molecule has 29 heavy (non-hydrogen) atoms. The number of amides is 2. The van der Waals surface area contributed by atoms with Crippen LogP contribution in [0.25, 0.3) is 0 Å². The molecule has 0 aliphatic heterocycles. The molecule has 164 valence electrons. The van der Waals surface area contributed by atoms with Gasteiger partial charge in [0.05, 0.1) is 14.2 Å². The molecule has 0 aliphatic carbocycles. The van der Waals surface area contributed by atoms with Gasteiger partial charge in [-0.15, -0.1) is 0 Å². The lowest BCUT2D eigenvalue weighted by molar-refractivity contribution is -0.118. The monoisotopic (exact) mass is 438 g/mol. The molecule has 0 fully saturated rings. The number of halogens is 3. The van der Waals surface area contributed by atoms with Gasteiger partial charge in [-0.2, -0.15) is 13.2 Å². The maximum Gasteiger partial charge on any atom is 0.441 e. The first-order chi connectivity index (χ1) is 13.3. The molecule has 0 radical (unpaired) electrons. The van der Waals surface area contributed by atoms with Crippen LogP contribution < -0.4 is 20.1 Å². The molecule has 1 rings (SSSR count). The van der Waals surface area contributed by atoms with Crippen LogP contribution in [0.3, 0.4) is 0 Å². The molecule has 7 nitrogen and oxygen atoms in total. The predicted octanol–water partition coefficient (Wildman–Crippen LogP) is 4.18. The molecule has 1 aromatic rings. The number of rotatable bonds is 8. The summed E-state index contributed by atoms with van der Waals surface area (Å²) >= 11 is -0.272. The van der Waals surface area contributed by atoms with E-state index >= 15 is 0 Å². The number of carbonyl (C=O) groups excluding carboxylic acids is 2. The second-order valence-corrected chi connectivity index (χ2v) is 8.00. The lowest BCUT2D eigenvalue weighted by Crippen LogP contribution is -2.46. The maximum atomic E-state index is 12.6. The minimum absolute atomic E-state index is 0.247. The van der Waals surface area contributed by atoms with Gasteiger partial charge in [0, 0.05) is 17.5 Å². The van der Waals surface area contributed by atoms with Crippen LogP contribution in [0.1, 0.15) is 27.2 Å². The molecule has 1 atom stereocenters. The van der Waals surface area contributed by atoms with Gasteiger partial charge in [0.25, 0.3) is 0 Å². The molecule has 2 N–H and O–H groups in total. The van der Waals surface area contributed by atoms with Gasteiger partial charge in [0.2, 0.25) is 5.91 Å². The molecule has 0 aromatic heterocycles. The van der Waals surface area contributed by atoms with Gasteiger partial charge >= 0.3 is 11.6 Å². The van der Waals surface area contributed by atoms with Crippen LogP contribution in [-0.4, -0.2) is 49.1 Å². The fourth-order valence-corrected chi connectivity index (χ4v) is 2.74. The van der Waals surface area contributed by atoms with Crippen molar-refractivity contribution in [1.82, 2.24) is 5.32 Å². The second kappa shape index (κ2) is 10.5. The van der Waals surface area contributed by atoms with E-state index in [0.29, 0.717) is 17.2 Å². The second-order valence-electron chi connectivity index (χ2n) is 6.84. The smallest absolute Gasteiger partial charge is 0.441 e. The first-order valence-electron chi connectivity index (χ1n) is 8.57. The van der Waals surface area contributed by atoms with Crippen molar-refractivity contribution in [2.45, 2.75) is 44.3 Å². The zero-order chi connectivity index (χ0) is 22.2. The zero-order valence-electron chi connectivity index (χ0n) is 16.8. The standard InChI is InChI=1S/C18H25F3N2O5S/c1-17(2,3)28-16(25)23-12(8-9-29-18(19,20)21)15(24)22-11-6-7-13(26-4)14(10-11)27-5/h6-7,10,12H,8-9H2,1-5H3,(H,22,24)(H,23,25). The maximum absolute atomic E-state index is 12.6. The SMILES string of the molecule is COc1ccc(NC(=O)C(CCSC(F)(F)F)NC(=O)OC(C)(C)C)cc1OC. The number of alkyl carbamates (subject to hydrolysis) is 1. The summed E-state index contributed by atoms with van der Waals surface area (Å²) in [6.45, 7) is 4.89. The van der Waals surface area contributed by atoms with Crippen molar-refractivity contribution in [3.05, 3.63) is 18.2 Å². The van der Waals surface area contributed by atoms with Crippen molar-refractivity contribution in [2.24, 2.45) is 0 Å². The molecular weight excluding hydrogens is 413 g/mol. The normalized spacial score (nSPS) is 12.7. The summed E-state index contributed by atoms with van der Waals surface area (Å²) in [7, 11) is 2.87. The Hall–Kier alpha value is -2.30. The molecule has 0 saturated heterocycles. The number of nitrogens with one attached hydrogen (secondary N) is 2. The third-order valence-electron chi connectivity index (χ3n) is 3.33. The van der Waals surface area contributed by atoms with Crippen LogP contribution in [0.2, 0.25) is 0 Å². The lowest BCUT2D eigenvalue weighted by atomic mass is 10.2. The molecule has 0 saturated carbocycles. The van der Waals surface area contributed by atoms with Crippen molar-refractivity contribution in [1.29, 1.82) is 0 Å². The van der Waals surface area contributed by atoms with Crippen LogP contribution in [-0.2, 0) is 9.53 Å². The van der Waals surface area contributed by atoms with Gasteiger partial charge in [0.15, 0.2) is 11.5 Å². The topological polar surface area (TPSA) is 85.9 Å². The number of hydrogen-bond acceptors (Lipinski definition) is 6. The number of anilines is 1. The van der Waals surface area contributed by atoms with Crippen LogP contribution in [0.5, 0.6) is 11.5 Å². The van der Waals surface area contributed by atoms with E-state index in [-0.39, 0.29) is 18.2 Å². The van der Waals surface area contributed by atoms with E-state index in [0.717, 1.165) is 0 Å². The predicted molar refractivity (Wildman–Crippen MR) is 104 cm³/mol. The number of alkyl halides is 3. The van der Waals surface area contributed by atoms with Crippen molar-refractivity contribution >= 4 is 29.4 Å². The Morgan fingerprint density at radius 2 is 1.72 bits per heavy atom. The number of ether oxygens (including phenoxy) is 3. The number of methoxy groups -OCH3 is 2. The molecule has 11 heteroatoms. The van der Waals surface area contributed by atoms with E-state index in [2.05, 4.69) is 10.6 Å². The van der Waals surface area contributed by atoms with E-state index in [1.165, 1.54) is 26.4 Å². The Bertz CT molecular complexity index is 708. The molecule has 0 heterocycles. The van der Waals surface area contributed by atoms with Crippen LogP contribution in [0.15, 0.2) is 18.2 Å². The Morgan fingerprint density at radius 1 is 1.10 bits per heavy atom. The zero-order valence-corrected chi connectivity index (χ0v) is 17.6. The summed E-state index contributed by atoms with van der Waals surface area (Å²) in [6.07, 6.45) is -1.15.